The Labute approximate surface area is 133 Å². The van der Waals surface area contributed by atoms with Gasteiger partial charge in [0, 0.05) is 6.61 Å². The second kappa shape index (κ2) is 13.6. The maximum atomic E-state index is 6.26. The van der Waals surface area contributed by atoms with E-state index in [1.54, 1.807) is 0 Å². The van der Waals surface area contributed by atoms with Crippen LogP contribution in [0.2, 0.25) is 0 Å². The Kier molecular flexibility index (Phi) is 12.3. The fourth-order valence-electron chi connectivity index (χ4n) is 3.09. The normalized spacial score (nSPS) is 18.0. The molecule has 21 heavy (non-hydrogen) atoms. The van der Waals surface area contributed by atoms with Crippen LogP contribution in [0.1, 0.15) is 104 Å². The van der Waals surface area contributed by atoms with Gasteiger partial charge in [0.15, 0.2) is 6.29 Å². The third kappa shape index (κ3) is 10.3. The monoisotopic (exact) mass is 298 g/mol. The molecule has 0 N–H and O–H groups in total. The molecule has 0 spiro atoms. The molecular formula is C19H38O2. The van der Waals surface area contributed by atoms with Crippen molar-refractivity contribution in [2.45, 2.75) is 116 Å². The lowest BCUT2D eigenvalue weighted by molar-refractivity contribution is -0.180. The van der Waals surface area contributed by atoms with Crippen molar-refractivity contribution in [3.05, 3.63) is 0 Å². The van der Waals surface area contributed by atoms with Gasteiger partial charge >= 0.3 is 0 Å². The lowest BCUT2D eigenvalue weighted by Crippen LogP contribution is -2.27. The van der Waals surface area contributed by atoms with Gasteiger partial charge in [0.05, 0.1) is 6.10 Å². The molecule has 0 aliphatic heterocycles. The van der Waals surface area contributed by atoms with Gasteiger partial charge in [-0.25, -0.2) is 0 Å². The summed E-state index contributed by atoms with van der Waals surface area (Å²) in [6, 6.07) is 0. The van der Waals surface area contributed by atoms with E-state index in [-0.39, 0.29) is 6.29 Å². The van der Waals surface area contributed by atoms with Crippen molar-refractivity contribution in [3.8, 4) is 0 Å². The van der Waals surface area contributed by atoms with E-state index in [1.807, 2.05) is 0 Å². The largest absolute Gasteiger partial charge is 0.353 e. The number of hydrogen-bond acceptors (Lipinski definition) is 2. The highest BCUT2D eigenvalue weighted by atomic mass is 16.7. The molecule has 0 aromatic rings. The van der Waals surface area contributed by atoms with E-state index in [0.29, 0.717) is 6.10 Å². The van der Waals surface area contributed by atoms with Crippen molar-refractivity contribution in [1.82, 2.24) is 0 Å². The maximum Gasteiger partial charge on any atom is 0.157 e. The van der Waals surface area contributed by atoms with Gasteiger partial charge in [-0.2, -0.15) is 0 Å². The third-order valence-electron chi connectivity index (χ3n) is 4.49. The summed E-state index contributed by atoms with van der Waals surface area (Å²) in [5, 5.41) is 0. The fraction of sp³-hybridized carbons (Fsp3) is 1.00. The summed E-state index contributed by atoms with van der Waals surface area (Å²) >= 11 is 0. The Morgan fingerprint density at radius 1 is 0.810 bits per heavy atom. The molecule has 0 heterocycles. The first kappa shape index (κ1) is 19.0. The molecule has 0 aromatic carbocycles. The standard InChI is InChI=1S/C19H38O2/c1-3-5-7-12-16-19(20-17-13-8-6-4-2)21-18-14-10-9-11-15-18/h18-19H,3-17H2,1-2H3. The zero-order valence-corrected chi connectivity index (χ0v) is 14.6. The number of hydrogen-bond donors (Lipinski definition) is 0. The minimum absolute atomic E-state index is 0.0617. The summed E-state index contributed by atoms with van der Waals surface area (Å²) in [5.74, 6) is 0. The first-order valence-electron chi connectivity index (χ1n) is 9.63. The van der Waals surface area contributed by atoms with E-state index in [9.17, 15) is 0 Å². The van der Waals surface area contributed by atoms with Crippen LogP contribution >= 0.6 is 0 Å². The summed E-state index contributed by atoms with van der Waals surface area (Å²) in [6.07, 6.45) is 18.5. The first-order chi connectivity index (χ1) is 10.4. The third-order valence-corrected chi connectivity index (χ3v) is 4.49. The van der Waals surface area contributed by atoms with Crippen LogP contribution in [0.5, 0.6) is 0 Å². The Bertz CT molecular complexity index is 212. The van der Waals surface area contributed by atoms with Crippen LogP contribution in [0, 0.1) is 0 Å². The van der Waals surface area contributed by atoms with Gasteiger partial charge in [0.2, 0.25) is 0 Å². The predicted molar refractivity (Wildman–Crippen MR) is 90.6 cm³/mol. The van der Waals surface area contributed by atoms with E-state index < -0.39 is 0 Å². The molecule has 1 unspecified atom stereocenters. The molecule has 1 aliphatic rings. The van der Waals surface area contributed by atoms with Gasteiger partial charge in [0.25, 0.3) is 0 Å². The van der Waals surface area contributed by atoms with E-state index in [1.165, 1.54) is 83.5 Å². The van der Waals surface area contributed by atoms with Crippen molar-refractivity contribution < 1.29 is 9.47 Å². The molecule has 0 saturated heterocycles. The van der Waals surface area contributed by atoms with E-state index in [2.05, 4.69) is 13.8 Å². The molecule has 1 fully saturated rings. The Morgan fingerprint density at radius 3 is 2.14 bits per heavy atom. The summed E-state index contributed by atoms with van der Waals surface area (Å²) in [6.45, 7) is 5.40. The van der Waals surface area contributed by atoms with Gasteiger partial charge in [-0.1, -0.05) is 71.6 Å². The highest BCUT2D eigenvalue weighted by molar-refractivity contribution is 4.66. The van der Waals surface area contributed by atoms with Gasteiger partial charge < -0.3 is 9.47 Å². The van der Waals surface area contributed by atoms with Crippen LogP contribution in [-0.4, -0.2) is 19.0 Å². The number of unbranched alkanes of at least 4 members (excludes halogenated alkanes) is 6. The molecule has 0 bridgehead atoms. The number of rotatable bonds is 13. The van der Waals surface area contributed by atoms with Crippen LogP contribution in [0.15, 0.2) is 0 Å². The van der Waals surface area contributed by atoms with Gasteiger partial charge in [-0.3, -0.25) is 0 Å². The molecule has 0 amide bonds. The molecule has 1 rings (SSSR count). The van der Waals surface area contributed by atoms with Crippen LogP contribution in [0.4, 0.5) is 0 Å². The lowest BCUT2D eigenvalue weighted by Gasteiger charge is -2.27. The molecule has 0 aromatic heterocycles. The van der Waals surface area contributed by atoms with Crippen LogP contribution in [-0.2, 0) is 9.47 Å². The predicted octanol–water partition coefficient (Wildman–Crippen LogP) is 6.23. The lowest BCUT2D eigenvalue weighted by atomic mass is 9.98. The van der Waals surface area contributed by atoms with Crippen molar-refractivity contribution in [2.75, 3.05) is 6.61 Å². The summed E-state index contributed by atoms with van der Waals surface area (Å²) < 4.78 is 12.3. The first-order valence-corrected chi connectivity index (χ1v) is 9.63. The number of ether oxygens (including phenoxy) is 2. The zero-order valence-electron chi connectivity index (χ0n) is 14.6. The quantitative estimate of drug-likeness (QED) is 0.296. The van der Waals surface area contributed by atoms with Crippen molar-refractivity contribution >= 4 is 0 Å². The van der Waals surface area contributed by atoms with Crippen LogP contribution < -0.4 is 0 Å². The minimum Gasteiger partial charge on any atom is -0.353 e. The Hall–Kier alpha value is -0.0800. The summed E-state index contributed by atoms with van der Waals surface area (Å²) in [7, 11) is 0. The molecular weight excluding hydrogens is 260 g/mol. The van der Waals surface area contributed by atoms with Gasteiger partial charge in [-0.05, 0) is 32.1 Å². The SMILES string of the molecule is CCCCCCOC(CCCCCC)OC1CCCCC1. The molecule has 2 heteroatoms. The average Bonchev–Trinajstić information content (AvgIpc) is 2.52. The Morgan fingerprint density at radius 2 is 1.48 bits per heavy atom. The van der Waals surface area contributed by atoms with E-state index in [4.69, 9.17) is 9.47 Å². The minimum atomic E-state index is 0.0617. The highest BCUT2D eigenvalue weighted by Gasteiger charge is 2.19. The van der Waals surface area contributed by atoms with Gasteiger partial charge in [0.1, 0.15) is 0 Å². The molecule has 0 radical (unpaired) electrons. The smallest absolute Gasteiger partial charge is 0.157 e. The topological polar surface area (TPSA) is 18.5 Å². The Balaban J connectivity index is 2.19. The van der Waals surface area contributed by atoms with Crippen LogP contribution in [0.3, 0.4) is 0 Å². The average molecular weight is 299 g/mol. The van der Waals surface area contributed by atoms with Crippen molar-refractivity contribution in [1.29, 1.82) is 0 Å². The molecule has 126 valence electrons. The second-order valence-electron chi connectivity index (χ2n) is 6.61. The van der Waals surface area contributed by atoms with Gasteiger partial charge in [-0.15, -0.1) is 0 Å². The van der Waals surface area contributed by atoms with Crippen molar-refractivity contribution in [2.24, 2.45) is 0 Å². The van der Waals surface area contributed by atoms with E-state index in [0.717, 1.165) is 13.0 Å². The fourth-order valence-corrected chi connectivity index (χ4v) is 3.09. The molecule has 2 nitrogen and oxygen atoms in total. The summed E-state index contributed by atoms with van der Waals surface area (Å²) in [5.41, 5.74) is 0. The maximum absolute atomic E-state index is 6.26. The second-order valence-corrected chi connectivity index (χ2v) is 6.61. The van der Waals surface area contributed by atoms with Crippen molar-refractivity contribution in [3.63, 3.8) is 0 Å². The molecule has 1 atom stereocenters. The zero-order chi connectivity index (χ0) is 15.2. The summed E-state index contributed by atoms with van der Waals surface area (Å²) in [4.78, 5) is 0. The van der Waals surface area contributed by atoms with Crippen LogP contribution in [0.25, 0.3) is 0 Å². The van der Waals surface area contributed by atoms with E-state index >= 15 is 0 Å². The highest BCUT2D eigenvalue weighted by Crippen LogP contribution is 2.23. The molecule has 1 saturated carbocycles. The molecule has 1 aliphatic carbocycles.